The molecule has 3 atom stereocenters. The molecule has 2 aliphatic carbocycles. The standard InChI is InChI=1S/C24H30ClFN4/c25-22-7-6-19(26)12-21(22)23-8-9-24(29-28-23)27-20-10-17-14-30(15-18(17)11-20)13-16-4-2-1-3-5-16/h6-9,12,16-18,20H,1-5,10-11,13-15H2,(H,27,29)/t17-,18+,20+. The molecule has 5 rings (SSSR count). The first-order valence-electron chi connectivity index (χ1n) is 11.4. The summed E-state index contributed by atoms with van der Waals surface area (Å²) in [6, 6.07) is 8.55. The highest BCUT2D eigenvalue weighted by molar-refractivity contribution is 6.33. The highest BCUT2D eigenvalue weighted by atomic mass is 35.5. The van der Waals surface area contributed by atoms with Crippen LogP contribution in [0.5, 0.6) is 0 Å². The Labute approximate surface area is 183 Å². The van der Waals surface area contributed by atoms with Crippen molar-refractivity contribution in [1.82, 2.24) is 15.1 Å². The van der Waals surface area contributed by atoms with E-state index in [9.17, 15) is 4.39 Å². The van der Waals surface area contributed by atoms with Gasteiger partial charge in [-0.3, -0.25) is 0 Å². The van der Waals surface area contributed by atoms with Crippen LogP contribution in [0.15, 0.2) is 30.3 Å². The zero-order chi connectivity index (χ0) is 20.5. The summed E-state index contributed by atoms with van der Waals surface area (Å²) in [6.07, 6.45) is 9.60. The van der Waals surface area contributed by atoms with Gasteiger partial charge in [-0.2, -0.15) is 0 Å². The molecular formula is C24H30ClFN4. The lowest BCUT2D eigenvalue weighted by Gasteiger charge is -2.27. The molecule has 0 unspecified atom stereocenters. The van der Waals surface area contributed by atoms with Crippen molar-refractivity contribution in [2.75, 3.05) is 25.0 Å². The summed E-state index contributed by atoms with van der Waals surface area (Å²) in [5, 5.41) is 12.6. The van der Waals surface area contributed by atoms with Gasteiger partial charge in [0.15, 0.2) is 0 Å². The third-order valence-electron chi connectivity index (χ3n) is 7.29. The third kappa shape index (κ3) is 4.47. The van der Waals surface area contributed by atoms with E-state index in [0.29, 0.717) is 22.3 Å². The van der Waals surface area contributed by atoms with Crippen molar-refractivity contribution >= 4 is 17.4 Å². The number of aromatic nitrogens is 2. The van der Waals surface area contributed by atoms with E-state index in [0.717, 1.165) is 23.6 Å². The molecule has 160 valence electrons. The summed E-state index contributed by atoms with van der Waals surface area (Å²) in [5.41, 5.74) is 1.16. The van der Waals surface area contributed by atoms with Gasteiger partial charge in [0.2, 0.25) is 0 Å². The quantitative estimate of drug-likeness (QED) is 0.669. The normalized spacial score (nSPS) is 27.3. The van der Waals surface area contributed by atoms with E-state index in [1.54, 1.807) is 6.07 Å². The molecule has 0 radical (unpaired) electrons. The zero-order valence-corrected chi connectivity index (χ0v) is 18.1. The van der Waals surface area contributed by atoms with E-state index < -0.39 is 0 Å². The first-order chi connectivity index (χ1) is 14.6. The van der Waals surface area contributed by atoms with Crippen molar-refractivity contribution in [2.24, 2.45) is 17.8 Å². The largest absolute Gasteiger partial charge is 0.366 e. The topological polar surface area (TPSA) is 41.0 Å². The molecule has 4 nitrogen and oxygen atoms in total. The fourth-order valence-corrected chi connectivity index (χ4v) is 6.07. The number of hydrogen-bond acceptors (Lipinski definition) is 4. The van der Waals surface area contributed by atoms with Gasteiger partial charge in [-0.1, -0.05) is 30.9 Å². The van der Waals surface area contributed by atoms with Gasteiger partial charge in [0, 0.05) is 31.2 Å². The summed E-state index contributed by atoms with van der Waals surface area (Å²) < 4.78 is 13.5. The molecule has 3 aliphatic rings. The maximum absolute atomic E-state index is 13.5. The van der Waals surface area contributed by atoms with Gasteiger partial charge >= 0.3 is 0 Å². The van der Waals surface area contributed by atoms with E-state index in [2.05, 4.69) is 20.4 Å². The van der Waals surface area contributed by atoms with E-state index in [4.69, 9.17) is 11.6 Å². The number of benzene rings is 1. The average Bonchev–Trinajstić information content (AvgIpc) is 3.29. The Morgan fingerprint density at radius 2 is 1.77 bits per heavy atom. The molecular weight excluding hydrogens is 399 g/mol. The first-order valence-corrected chi connectivity index (χ1v) is 11.8. The number of nitrogens with one attached hydrogen (secondary N) is 1. The van der Waals surface area contributed by atoms with Crippen LogP contribution in [-0.2, 0) is 0 Å². The lowest BCUT2D eigenvalue weighted by Crippen LogP contribution is -2.30. The van der Waals surface area contributed by atoms with Crippen LogP contribution in [0.25, 0.3) is 11.3 Å². The first kappa shape index (κ1) is 20.2. The van der Waals surface area contributed by atoms with Crippen molar-refractivity contribution in [3.8, 4) is 11.3 Å². The van der Waals surface area contributed by atoms with Crippen LogP contribution < -0.4 is 5.32 Å². The Balaban J connectivity index is 1.14. The van der Waals surface area contributed by atoms with Crippen molar-refractivity contribution in [3.63, 3.8) is 0 Å². The highest BCUT2D eigenvalue weighted by Gasteiger charge is 2.41. The van der Waals surface area contributed by atoms with Gasteiger partial charge in [-0.25, -0.2) is 4.39 Å². The van der Waals surface area contributed by atoms with Gasteiger partial charge in [0.1, 0.15) is 11.6 Å². The Morgan fingerprint density at radius 3 is 2.47 bits per heavy atom. The minimum absolute atomic E-state index is 0.326. The van der Waals surface area contributed by atoms with Gasteiger partial charge in [-0.15, -0.1) is 10.2 Å². The number of likely N-dealkylation sites (tertiary alicyclic amines) is 1. The van der Waals surface area contributed by atoms with Crippen molar-refractivity contribution in [2.45, 2.75) is 51.0 Å². The molecule has 3 fully saturated rings. The van der Waals surface area contributed by atoms with E-state index in [1.165, 1.54) is 76.7 Å². The maximum Gasteiger partial charge on any atom is 0.148 e. The predicted molar refractivity (Wildman–Crippen MR) is 119 cm³/mol. The van der Waals surface area contributed by atoms with Crippen LogP contribution >= 0.6 is 11.6 Å². The molecule has 30 heavy (non-hydrogen) atoms. The third-order valence-corrected chi connectivity index (χ3v) is 7.62. The number of halogens is 2. The van der Waals surface area contributed by atoms with E-state index in [-0.39, 0.29) is 5.82 Å². The molecule has 2 saturated carbocycles. The van der Waals surface area contributed by atoms with Gasteiger partial charge in [0.05, 0.1) is 10.7 Å². The molecule has 6 heteroatoms. The van der Waals surface area contributed by atoms with Crippen LogP contribution in [0.2, 0.25) is 5.02 Å². The number of rotatable bonds is 5. The molecule has 1 aromatic heterocycles. The summed E-state index contributed by atoms with van der Waals surface area (Å²) in [6.45, 7) is 3.85. The molecule has 1 saturated heterocycles. The van der Waals surface area contributed by atoms with Crippen LogP contribution in [0, 0.1) is 23.6 Å². The molecule has 2 aromatic rings. The molecule has 0 bridgehead atoms. The van der Waals surface area contributed by atoms with E-state index in [1.807, 2.05) is 12.1 Å². The maximum atomic E-state index is 13.5. The number of anilines is 1. The SMILES string of the molecule is Fc1ccc(Cl)c(-c2ccc(N[C@H]3C[C@@H]4CN(CC5CCCCC5)C[C@@H]4C3)nn2)c1. The van der Waals surface area contributed by atoms with Gasteiger partial charge in [0.25, 0.3) is 0 Å². The lowest BCUT2D eigenvalue weighted by molar-refractivity contribution is 0.221. The molecule has 2 heterocycles. The minimum atomic E-state index is -0.326. The van der Waals surface area contributed by atoms with Crippen molar-refractivity contribution in [3.05, 3.63) is 41.2 Å². The summed E-state index contributed by atoms with van der Waals surface area (Å²) in [4.78, 5) is 2.73. The molecule has 1 aromatic carbocycles. The smallest absolute Gasteiger partial charge is 0.148 e. The highest BCUT2D eigenvalue weighted by Crippen LogP contribution is 2.40. The summed E-state index contributed by atoms with van der Waals surface area (Å²) >= 11 is 6.18. The second-order valence-corrected chi connectivity index (χ2v) is 9.89. The van der Waals surface area contributed by atoms with Crippen LogP contribution in [0.1, 0.15) is 44.9 Å². The average molecular weight is 429 g/mol. The monoisotopic (exact) mass is 428 g/mol. The molecule has 0 amide bonds. The van der Waals surface area contributed by atoms with Crippen molar-refractivity contribution in [1.29, 1.82) is 0 Å². The fourth-order valence-electron chi connectivity index (χ4n) is 5.85. The van der Waals surface area contributed by atoms with Gasteiger partial charge < -0.3 is 10.2 Å². The zero-order valence-electron chi connectivity index (χ0n) is 17.4. The number of fused-ring (bicyclic) bond motifs is 1. The molecule has 1 N–H and O–H groups in total. The van der Waals surface area contributed by atoms with Crippen LogP contribution in [0.4, 0.5) is 10.2 Å². The second-order valence-electron chi connectivity index (χ2n) is 9.48. The number of nitrogens with zero attached hydrogens (tertiary/aromatic N) is 3. The predicted octanol–water partition coefficient (Wildman–Crippen LogP) is 5.64. The Hall–Kier alpha value is -1.72. The van der Waals surface area contributed by atoms with Crippen molar-refractivity contribution < 1.29 is 4.39 Å². The summed E-state index contributed by atoms with van der Waals surface area (Å²) in [5.74, 6) is 3.02. The molecule has 0 spiro atoms. The Bertz CT molecular complexity index is 854. The van der Waals surface area contributed by atoms with Crippen LogP contribution in [-0.4, -0.2) is 40.8 Å². The second kappa shape index (κ2) is 8.80. The number of hydrogen-bond donors (Lipinski definition) is 1. The Morgan fingerprint density at radius 1 is 1.00 bits per heavy atom. The lowest BCUT2D eigenvalue weighted by atomic mass is 9.89. The van der Waals surface area contributed by atoms with E-state index >= 15 is 0 Å². The molecule has 1 aliphatic heterocycles. The fraction of sp³-hybridized carbons (Fsp3) is 0.583. The minimum Gasteiger partial charge on any atom is -0.366 e. The van der Waals surface area contributed by atoms with Crippen LogP contribution in [0.3, 0.4) is 0 Å². The summed E-state index contributed by atoms with van der Waals surface area (Å²) in [7, 11) is 0. The Kier molecular flexibility index (Phi) is 5.92. The van der Waals surface area contributed by atoms with Gasteiger partial charge in [-0.05, 0) is 73.8 Å².